The average Bonchev–Trinajstić information content (AvgIpc) is 3.26. The van der Waals surface area contributed by atoms with Crippen LogP contribution in [0.15, 0.2) is 28.8 Å². The van der Waals surface area contributed by atoms with Crippen molar-refractivity contribution in [3.8, 4) is 0 Å². The molecule has 1 saturated heterocycles. The highest BCUT2D eigenvalue weighted by atomic mass is 16.5. The zero-order valence-corrected chi connectivity index (χ0v) is 14.7. The average molecular weight is 344 g/mol. The summed E-state index contributed by atoms with van der Waals surface area (Å²) in [5, 5.41) is 6.72. The quantitative estimate of drug-likeness (QED) is 0.827. The van der Waals surface area contributed by atoms with Gasteiger partial charge in [-0.25, -0.2) is 0 Å². The van der Waals surface area contributed by atoms with Crippen LogP contribution in [0.4, 0.5) is 0 Å². The Morgan fingerprint density at radius 3 is 2.88 bits per heavy atom. The maximum Gasteiger partial charge on any atom is 0.255 e. The van der Waals surface area contributed by atoms with Gasteiger partial charge in [0.25, 0.3) is 5.89 Å². The first-order valence-electron chi connectivity index (χ1n) is 8.55. The maximum atomic E-state index is 12.1. The normalized spacial score (nSPS) is 17.2. The van der Waals surface area contributed by atoms with Crippen LogP contribution in [0, 0.1) is 6.92 Å². The third kappa shape index (κ3) is 5.11. The van der Waals surface area contributed by atoms with E-state index in [1.54, 1.807) is 0 Å². The third-order valence-corrected chi connectivity index (χ3v) is 4.12. The highest BCUT2D eigenvalue weighted by molar-refractivity contribution is 5.77. The number of ether oxygens (including phenoxy) is 1. The molecule has 0 spiro atoms. The van der Waals surface area contributed by atoms with Gasteiger partial charge in [-0.05, 0) is 32.4 Å². The minimum atomic E-state index is -0.0994. The topological polar surface area (TPSA) is 80.5 Å². The van der Waals surface area contributed by atoms with Gasteiger partial charge in [0.2, 0.25) is 5.91 Å². The van der Waals surface area contributed by atoms with Gasteiger partial charge in [-0.2, -0.15) is 4.98 Å². The van der Waals surface area contributed by atoms with E-state index < -0.39 is 0 Å². The number of aromatic nitrogens is 2. The summed E-state index contributed by atoms with van der Waals surface area (Å²) in [7, 11) is 1.92. The minimum Gasteiger partial charge on any atom is -0.368 e. The molecule has 25 heavy (non-hydrogen) atoms. The fourth-order valence-electron chi connectivity index (χ4n) is 2.78. The van der Waals surface area contributed by atoms with Crippen LogP contribution in [0.1, 0.15) is 41.8 Å². The van der Waals surface area contributed by atoms with E-state index in [0.29, 0.717) is 18.3 Å². The maximum absolute atomic E-state index is 12.1. The van der Waals surface area contributed by atoms with Crippen LogP contribution in [-0.2, 0) is 22.6 Å². The molecule has 1 aromatic carbocycles. The number of carbonyl (C=O) groups excluding carboxylic acids is 1. The standard InChI is InChI=1S/C18H24N4O3/c1-13-5-7-14(8-6-13)11-22(2)12-17(23)19-10-16-20-18(25-21-16)15-4-3-9-24-15/h5-8,15H,3-4,9-12H2,1-2H3,(H,19,23)/t15-/m1/s1. The lowest BCUT2D eigenvalue weighted by Crippen LogP contribution is -2.34. The molecule has 1 amide bonds. The van der Waals surface area contributed by atoms with Crippen molar-refractivity contribution in [1.29, 1.82) is 0 Å². The van der Waals surface area contributed by atoms with Gasteiger partial charge < -0.3 is 14.6 Å². The van der Waals surface area contributed by atoms with E-state index in [-0.39, 0.29) is 18.6 Å². The molecular formula is C18H24N4O3. The van der Waals surface area contributed by atoms with Crippen LogP contribution in [-0.4, -0.2) is 41.1 Å². The highest BCUT2D eigenvalue weighted by Crippen LogP contribution is 2.26. The van der Waals surface area contributed by atoms with Gasteiger partial charge in [0, 0.05) is 13.2 Å². The van der Waals surface area contributed by atoms with Crippen molar-refractivity contribution < 1.29 is 14.1 Å². The summed E-state index contributed by atoms with van der Waals surface area (Å²) in [6, 6.07) is 8.31. The smallest absolute Gasteiger partial charge is 0.255 e. The SMILES string of the molecule is Cc1ccc(CN(C)CC(=O)NCc2noc([C@H]3CCCO3)n2)cc1. The Morgan fingerprint density at radius 1 is 1.36 bits per heavy atom. The van der Waals surface area contributed by atoms with Gasteiger partial charge in [-0.15, -0.1) is 0 Å². The van der Waals surface area contributed by atoms with E-state index in [0.717, 1.165) is 26.0 Å². The van der Waals surface area contributed by atoms with Crippen molar-refractivity contribution in [1.82, 2.24) is 20.4 Å². The minimum absolute atomic E-state index is 0.0712. The molecule has 0 bridgehead atoms. The second-order valence-corrected chi connectivity index (χ2v) is 6.49. The number of hydrogen-bond acceptors (Lipinski definition) is 6. The number of carbonyl (C=O) groups is 1. The Kier molecular flexibility index (Phi) is 5.78. The predicted octanol–water partition coefficient (Wildman–Crippen LogP) is 1.98. The molecule has 0 radical (unpaired) electrons. The van der Waals surface area contributed by atoms with E-state index in [9.17, 15) is 4.79 Å². The fourth-order valence-corrected chi connectivity index (χ4v) is 2.78. The van der Waals surface area contributed by atoms with Crippen molar-refractivity contribution in [2.45, 2.75) is 39.0 Å². The lowest BCUT2D eigenvalue weighted by Gasteiger charge is -2.16. The van der Waals surface area contributed by atoms with Crippen LogP contribution in [0.25, 0.3) is 0 Å². The summed E-state index contributed by atoms with van der Waals surface area (Å²) in [6.07, 6.45) is 1.81. The molecule has 1 fully saturated rings. The molecule has 134 valence electrons. The molecule has 3 rings (SSSR count). The Hall–Kier alpha value is -2.25. The lowest BCUT2D eigenvalue weighted by molar-refractivity contribution is -0.122. The first kappa shape index (κ1) is 17.6. The molecule has 0 unspecified atom stereocenters. The van der Waals surface area contributed by atoms with Gasteiger partial charge in [0.15, 0.2) is 5.82 Å². The number of rotatable bonds is 7. The Bertz CT molecular complexity index is 693. The summed E-state index contributed by atoms with van der Waals surface area (Å²) in [6.45, 7) is 4.08. The van der Waals surface area contributed by atoms with E-state index >= 15 is 0 Å². The molecule has 7 heteroatoms. The molecule has 1 aromatic heterocycles. The molecule has 2 heterocycles. The molecular weight excluding hydrogens is 320 g/mol. The second-order valence-electron chi connectivity index (χ2n) is 6.49. The number of nitrogens with one attached hydrogen (secondary N) is 1. The molecule has 0 saturated carbocycles. The van der Waals surface area contributed by atoms with Gasteiger partial charge in [-0.1, -0.05) is 35.0 Å². The number of aryl methyl sites for hydroxylation is 1. The van der Waals surface area contributed by atoms with Gasteiger partial charge >= 0.3 is 0 Å². The summed E-state index contributed by atoms with van der Waals surface area (Å²) >= 11 is 0. The Labute approximate surface area is 147 Å². The molecule has 1 aliphatic rings. The molecule has 0 aliphatic carbocycles. The summed E-state index contributed by atoms with van der Waals surface area (Å²) < 4.78 is 10.7. The van der Waals surface area contributed by atoms with Crippen LogP contribution in [0.3, 0.4) is 0 Å². The molecule has 1 aliphatic heterocycles. The molecule has 2 aromatic rings. The van der Waals surface area contributed by atoms with E-state index in [1.807, 2.05) is 11.9 Å². The first-order chi connectivity index (χ1) is 12.1. The number of benzene rings is 1. The van der Waals surface area contributed by atoms with Crippen LogP contribution in [0.5, 0.6) is 0 Å². The molecule has 1 N–H and O–H groups in total. The fraction of sp³-hybridized carbons (Fsp3) is 0.500. The Morgan fingerprint density at radius 2 is 2.16 bits per heavy atom. The van der Waals surface area contributed by atoms with E-state index in [1.165, 1.54) is 11.1 Å². The predicted molar refractivity (Wildman–Crippen MR) is 91.6 cm³/mol. The van der Waals surface area contributed by atoms with Crippen molar-refractivity contribution >= 4 is 5.91 Å². The van der Waals surface area contributed by atoms with Gasteiger partial charge in [0.05, 0.1) is 13.1 Å². The summed E-state index contributed by atoms with van der Waals surface area (Å²) in [5.41, 5.74) is 2.41. The third-order valence-electron chi connectivity index (χ3n) is 4.12. The lowest BCUT2D eigenvalue weighted by atomic mass is 10.1. The largest absolute Gasteiger partial charge is 0.368 e. The van der Waals surface area contributed by atoms with Crippen LogP contribution in [0.2, 0.25) is 0 Å². The molecule has 1 atom stereocenters. The zero-order chi connectivity index (χ0) is 17.6. The summed E-state index contributed by atoms with van der Waals surface area (Å²) in [4.78, 5) is 18.3. The van der Waals surface area contributed by atoms with E-state index in [2.05, 4.69) is 46.6 Å². The molecule has 7 nitrogen and oxygen atoms in total. The van der Waals surface area contributed by atoms with Crippen molar-refractivity contribution in [2.75, 3.05) is 20.2 Å². The van der Waals surface area contributed by atoms with Gasteiger partial charge in [0.1, 0.15) is 6.10 Å². The number of hydrogen-bond donors (Lipinski definition) is 1. The van der Waals surface area contributed by atoms with Crippen molar-refractivity contribution in [2.24, 2.45) is 0 Å². The summed E-state index contributed by atoms with van der Waals surface area (Å²) in [5.74, 6) is 0.899. The number of likely N-dealkylation sites (N-methyl/N-ethyl adjacent to an activating group) is 1. The van der Waals surface area contributed by atoms with Crippen molar-refractivity contribution in [3.05, 3.63) is 47.1 Å². The van der Waals surface area contributed by atoms with Gasteiger partial charge in [-0.3, -0.25) is 9.69 Å². The van der Waals surface area contributed by atoms with Crippen LogP contribution >= 0.6 is 0 Å². The zero-order valence-electron chi connectivity index (χ0n) is 14.7. The van der Waals surface area contributed by atoms with Crippen LogP contribution < -0.4 is 5.32 Å². The Balaban J connectivity index is 1.42. The monoisotopic (exact) mass is 344 g/mol. The van der Waals surface area contributed by atoms with Crippen molar-refractivity contribution in [3.63, 3.8) is 0 Å². The number of nitrogens with zero attached hydrogens (tertiary/aromatic N) is 3. The number of amides is 1. The highest BCUT2D eigenvalue weighted by Gasteiger charge is 2.23. The first-order valence-corrected chi connectivity index (χ1v) is 8.55. The van der Waals surface area contributed by atoms with E-state index in [4.69, 9.17) is 9.26 Å². The second kappa shape index (κ2) is 8.22.